The van der Waals surface area contributed by atoms with Crippen molar-refractivity contribution in [1.29, 1.82) is 0 Å². The van der Waals surface area contributed by atoms with Crippen molar-refractivity contribution in [2.45, 2.75) is 51.2 Å². The van der Waals surface area contributed by atoms with Crippen LogP contribution in [0.2, 0.25) is 0 Å². The van der Waals surface area contributed by atoms with Crippen LogP contribution < -0.4 is 5.32 Å². The summed E-state index contributed by atoms with van der Waals surface area (Å²) in [5.41, 5.74) is 1.11. The van der Waals surface area contributed by atoms with E-state index in [1.54, 1.807) is 6.07 Å². The summed E-state index contributed by atoms with van der Waals surface area (Å²) in [6.07, 6.45) is 7.35. The summed E-state index contributed by atoms with van der Waals surface area (Å²) in [4.78, 5) is 2.20. The molecule has 1 heterocycles. The van der Waals surface area contributed by atoms with Gasteiger partial charge in [0.25, 0.3) is 0 Å². The monoisotopic (exact) mass is 406 g/mol. The molecule has 1 aliphatic heterocycles. The molecule has 0 spiro atoms. The molecule has 2 nitrogen and oxygen atoms in total. The lowest BCUT2D eigenvalue weighted by Crippen LogP contribution is -2.42. The van der Waals surface area contributed by atoms with Crippen LogP contribution in [0.1, 0.15) is 50.2 Å². The van der Waals surface area contributed by atoms with Gasteiger partial charge in [0.05, 0.1) is 5.56 Å². The highest BCUT2D eigenvalue weighted by molar-refractivity contribution is 5.58. The van der Waals surface area contributed by atoms with Crippen LogP contribution in [0.15, 0.2) is 42.5 Å². The first-order valence-electron chi connectivity index (χ1n) is 10.6. The standard InChI is InChI=1S/C24H33F3N2/c1-16(15-29(3)4)10-12-20-17(2)21-14-19(24(25,26)27)11-13-22(21)28-23(20)18-8-6-5-7-9-18/h5-8,11,13-14,16-18,20,23,28H,9-10,12,15H2,1-4H3/t16-,17+,18?,20-,23+/m1/s1. The molecular formula is C24H33F3N2. The van der Waals surface area contributed by atoms with Crippen molar-refractivity contribution in [2.24, 2.45) is 17.8 Å². The number of anilines is 1. The van der Waals surface area contributed by atoms with Crippen molar-refractivity contribution in [1.82, 2.24) is 4.90 Å². The Hall–Kier alpha value is -1.75. The second kappa shape index (κ2) is 8.95. The molecule has 1 aliphatic carbocycles. The Morgan fingerprint density at radius 1 is 1.21 bits per heavy atom. The highest BCUT2D eigenvalue weighted by atomic mass is 19.4. The molecule has 0 amide bonds. The number of alkyl halides is 3. The first-order valence-corrected chi connectivity index (χ1v) is 10.6. The topological polar surface area (TPSA) is 15.3 Å². The van der Waals surface area contributed by atoms with E-state index in [2.05, 4.69) is 62.5 Å². The quantitative estimate of drug-likeness (QED) is 0.594. The number of nitrogens with one attached hydrogen (secondary N) is 1. The first-order chi connectivity index (χ1) is 13.7. The van der Waals surface area contributed by atoms with Gasteiger partial charge in [-0.1, -0.05) is 38.2 Å². The Morgan fingerprint density at radius 3 is 2.59 bits per heavy atom. The summed E-state index contributed by atoms with van der Waals surface area (Å²) >= 11 is 0. The third kappa shape index (κ3) is 5.25. The number of rotatable bonds is 6. The average Bonchev–Trinajstić information content (AvgIpc) is 2.66. The van der Waals surface area contributed by atoms with Gasteiger partial charge in [0.1, 0.15) is 0 Å². The summed E-state index contributed by atoms with van der Waals surface area (Å²) in [6, 6.07) is 4.42. The van der Waals surface area contributed by atoms with E-state index in [-0.39, 0.29) is 12.0 Å². The van der Waals surface area contributed by atoms with E-state index in [9.17, 15) is 13.2 Å². The van der Waals surface area contributed by atoms with Gasteiger partial charge in [-0.2, -0.15) is 13.2 Å². The van der Waals surface area contributed by atoms with Crippen LogP contribution in [0.25, 0.3) is 0 Å². The van der Waals surface area contributed by atoms with E-state index in [0.717, 1.165) is 37.1 Å². The third-order valence-corrected chi connectivity index (χ3v) is 6.44. The minimum atomic E-state index is -4.31. The largest absolute Gasteiger partial charge is 0.416 e. The zero-order valence-electron chi connectivity index (χ0n) is 17.8. The second-order valence-electron chi connectivity index (χ2n) is 9.08. The number of benzene rings is 1. The molecule has 0 fully saturated rings. The number of hydrogen-bond acceptors (Lipinski definition) is 2. The Bertz CT molecular complexity index is 751. The molecule has 1 aromatic carbocycles. The zero-order valence-corrected chi connectivity index (χ0v) is 17.8. The summed E-state index contributed by atoms with van der Waals surface area (Å²) in [5, 5.41) is 3.63. The zero-order chi connectivity index (χ0) is 21.2. The maximum Gasteiger partial charge on any atom is 0.416 e. The highest BCUT2D eigenvalue weighted by Crippen LogP contribution is 2.45. The average molecular weight is 407 g/mol. The van der Waals surface area contributed by atoms with E-state index in [1.807, 2.05) is 0 Å². The lowest BCUT2D eigenvalue weighted by molar-refractivity contribution is -0.137. The van der Waals surface area contributed by atoms with Gasteiger partial charge in [0.2, 0.25) is 0 Å². The molecular weight excluding hydrogens is 373 g/mol. The molecule has 3 rings (SSSR count). The number of fused-ring (bicyclic) bond motifs is 1. The summed E-state index contributed by atoms with van der Waals surface area (Å²) in [6.45, 7) is 5.39. The van der Waals surface area contributed by atoms with Crippen molar-refractivity contribution in [3.8, 4) is 0 Å². The van der Waals surface area contributed by atoms with E-state index < -0.39 is 11.7 Å². The molecule has 0 aromatic heterocycles. The lowest BCUT2D eigenvalue weighted by atomic mass is 9.70. The highest BCUT2D eigenvalue weighted by Gasteiger charge is 2.39. The molecule has 2 aliphatic rings. The molecule has 1 aromatic rings. The maximum atomic E-state index is 13.3. The van der Waals surface area contributed by atoms with Gasteiger partial charge in [-0.25, -0.2) is 0 Å². The molecule has 0 radical (unpaired) electrons. The summed E-state index contributed by atoms with van der Waals surface area (Å²) in [7, 11) is 4.16. The normalized spacial score (nSPS) is 27.6. The van der Waals surface area contributed by atoms with Gasteiger partial charge in [-0.3, -0.25) is 0 Å². The Kier molecular flexibility index (Phi) is 6.77. The molecule has 0 saturated carbocycles. The minimum absolute atomic E-state index is 0.0874. The van der Waals surface area contributed by atoms with Gasteiger partial charge < -0.3 is 10.2 Å². The van der Waals surface area contributed by atoms with E-state index in [1.165, 1.54) is 12.1 Å². The van der Waals surface area contributed by atoms with Gasteiger partial charge in [-0.05, 0) is 74.9 Å². The number of halogens is 3. The fourth-order valence-electron chi connectivity index (χ4n) is 4.99. The SMILES string of the molecule is C[C@H](CC[C@@H]1[C@H](C)c2cc(C(F)(F)F)ccc2N[C@H]1C1C=CC=CC1)CN(C)C. The molecule has 1 unspecified atom stereocenters. The Labute approximate surface area is 172 Å². The van der Waals surface area contributed by atoms with Crippen LogP contribution >= 0.6 is 0 Å². The molecule has 5 heteroatoms. The van der Waals surface area contributed by atoms with E-state index >= 15 is 0 Å². The lowest BCUT2D eigenvalue weighted by Gasteiger charge is -2.43. The van der Waals surface area contributed by atoms with Gasteiger partial charge >= 0.3 is 6.18 Å². The van der Waals surface area contributed by atoms with Crippen LogP contribution in [0, 0.1) is 17.8 Å². The fourth-order valence-corrected chi connectivity index (χ4v) is 4.99. The number of allylic oxidation sites excluding steroid dienone is 3. The van der Waals surface area contributed by atoms with Gasteiger partial charge in [-0.15, -0.1) is 0 Å². The molecule has 0 saturated heterocycles. The smallest absolute Gasteiger partial charge is 0.381 e. The Balaban J connectivity index is 1.87. The van der Waals surface area contributed by atoms with Crippen LogP contribution in [-0.4, -0.2) is 31.6 Å². The number of nitrogens with zero attached hydrogens (tertiary/aromatic N) is 1. The van der Waals surface area contributed by atoms with Crippen molar-refractivity contribution in [2.75, 3.05) is 26.0 Å². The second-order valence-corrected chi connectivity index (χ2v) is 9.08. The maximum absolute atomic E-state index is 13.3. The van der Waals surface area contributed by atoms with Crippen molar-refractivity contribution >= 4 is 5.69 Å². The van der Waals surface area contributed by atoms with E-state index in [0.29, 0.717) is 17.8 Å². The summed E-state index contributed by atoms with van der Waals surface area (Å²) < 4.78 is 39.8. The van der Waals surface area contributed by atoms with Gasteiger partial charge in [0.15, 0.2) is 0 Å². The van der Waals surface area contributed by atoms with Crippen LogP contribution in [0.5, 0.6) is 0 Å². The molecule has 1 N–H and O–H groups in total. The molecule has 29 heavy (non-hydrogen) atoms. The Morgan fingerprint density at radius 2 is 1.97 bits per heavy atom. The van der Waals surface area contributed by atoms with Crippen molar-refractivity contribution < 1.29 is 13.2 Å². The predicted molar refractivity (Wildman–Crippen MR) is 114 cm³/mol. The number of hydrogen-bond donors (Lipinski definition) is 1. The van der Waals surface area contributed by atoms with Crippen LogP contribution in [0.4, 0.5) is 18.9 Å². The van der Waals surface area contributed by atoms with E-state index in [4.69, 9.17) is 0 Å². The molecule has 5 atom stereocenters. The molecule has 0 bridgehead atoms. The van der Waals surface area contributed by atoms with Crippen LogP contribution in [0.3, 0.4) is 0 Å². The first kappa shape index (κ1) is 21.9. The predicted octanol–water partition coefficient (Wildman–Crippen LogP) is 6.33. The minimum Gasteiger partial charge on any atom is -0.381 e. The van der Waals surface area contributed by atoms with Crippen molar-refractivity contribution in [3.63, 3.8) is 0 Å². The van der Waals surface area contributed by atoms with Gasteiger partial charge in [0, 0.05) is 24.2 Å². The van der Waals surface area contributed by atoms with Crippen molar-refractivity contribution in [3.05, 3.63) is 53.6 Å². The molecule has 160 valence electrons. The fraction of sp³-hybridized carbons (Fsp3) is 0.583. The summed E-state index contributed by atoms with van der Waals surface area (Å²) in [5.74, 6) is 1.32. The van der Waals surface area contributed by atoms with Crippen LogP contribution in [-0.2, 0) is 6.18 Å². The third-order valence-electron chi connectivity index (χ3n) is 6.44.